The predicted octanol–water partition coefficient (Wildman–Crippen LogP) is 2.58. The Morgan fingerprint density at radius 2 is 2.03 bits per heavy atom. The van der Waals surface area contributed by atoms with Crippen LogP contribution in [0.2, 0.25) is 0 Å². The zero-order valence-corrected chi connectivity index (χ0v) is 16.6. The van der Waals surface area contributed by atoms with Gasteiger partial charge in [0.15, 0.2) is 0 Å². The summed E-state index contributed by atoms with van der Waals surface area (Å²) in [4.78, 5) is 17.6. The molecule has 0 aromatic carbocycles. The summed E-state index contributed by atoms with van der Waals surface area (Å²) in [6.45, 7) is 2.75. The van der Waals surface area contributed by atoms with E-state index in [1.54, 1.807) is 10.7 Å². The molecule has 0 unspecified atom stereocenters. The summed E-state index contributed by atoms with van der Waals surface area (Å²) in [6, 6.07) is 7.43. The molecule has 2 fully saturated rings. The highest BCUT2D eigenvalue weighted by Crippen LogP contribution is 2.35. The summed E-state index contributed by atoms with van der Waals surface area (Å²) in [6.07, 6.45) is 3.81. The summed E-state index contributed by atoms with van der Waals surface area (Å²) in [5.41, 5.74) is 9.51. The molecule has 0 radical (unpaired) electrons. The third kappa shape index (κ3) is 3.30. The average Bonchev–Trinajstić information content (AvgIpc) is 3.07. The Morgan fingerprint density at radius 3 is 2.77 bits per heavy atom. The molecule has 5 rings (SSSR count). The van der Waals surface area contributed by atoms with Crippen molar-refractivity contribution >= 4 is 17.4 Å². The largest absolute Gasteiger partial charge is 0.488 e. The molecule has 0 saturated carbocycles. The van der Waals surface area contributed by atoms with Crippen LogP contribution in [0, 0.1) is 6.92 Å². The molecule has 3 atom stereocenters. The minimum atomic E-state index is -0.891. The van der Waals surface area contributed by atoms with Crippen molar-refractivity contribution in [1.82, 2.24) is 19.5 Å². The Kier molecular flexibility index (Phi) is 4.47. The number of aryl methyl sites for hydroxylation is 1. The van der Waals surface area contributed by atoms with E-state index in [9.17, 15) is 9.90 Å². The number of hydrogen-bond donors (Lipinski definition) is 2. The van der Waals surface area contributed by atoms with Crippen molar-refractivity contribution in [2.45, 2.75) is 38.0 Å². The van der Waals surface area contributed by atoms with Gasteiger partial charge in [-0.1, -0.05) is 0 Å². The molecule has 3 aromatic rings. The number of fused-ring (bicyclic) bond motifs is 3. The van der Waals surface area contributed by atoms with Crippen LogP contribution in [0.15, 0.2) is 36.7 Å². The third-order valence-electron chi connectivity index (χ3n) is 5.79. The van der Waals surface area contributed by atoms with Crippen molar-refractivity contribution in [2.75, 3.05) is 18.9 Å². The zero-order valence-electron chi connectivity index (χ0n) is 16.6. The second-order valence-electron chi connectivity index (χ2n) is 7.92. The summed E-state index contributed by atoms with van der Waals surface area (Å²) < 4.78 is 13.7. The lowest BCUT2D eigenvalue weighted by Crippen LogP contribution is -2.60. The number of morpholine rings is 1. The first kappa shape index (κ1) is 18.7. The lowest BCUT2D eigenvalue weighted by atomic mass is 9.92. The monoisotopic (exact) mass is 409 g/mol. The average molecular weight is 409 g/mol. The molecule has 9 heteroatoms. The summed E-state index contributed by atoms with van der Waals surface area (Å²) in [7, 11) is 0. The molecule has 9 nitrogen and oxygen atoms in total. The van der Waals surface area contributed by atoms with E-state index in [0.717, 1.165) is 22.3 Å². The van der Waals surface area contributed by atoms with E-state index < -0.39 is 6.09 Å². The molecule has 2 saturated heterocycles. The quantitative estimate of drug-likeness (QED) is 0.683. The number of hydrogen-bond acceptors (Lipinski definition) is 6. The zero-order chi connectivity index (χ0) is 20.8. The summed E-state index contributed by atoms with van der Waals surface area (Å²) >= 11 is 0. The second-order valence-corrected chi connectivity index (χ2v) is 7.92. The molecule has 2 aliphatic rings. The van der Waals surface area contributed by atoms with Crippen LogP contribution < -0.4 is 10.5 Å². The lowest BCUT2D eigenvalue weighted by molar-refractivity contribution is -0.0857. The van der Waals surface area contributed by atoms with Crippen LogP contribution in [0.4, 0.5) is 10.6 Å². The van der Waals surface area contributed by atoms with E-state index in [1.165, 1.54) is 4.90 Å². The van der Waals surface area contributed by atoms with Gasteiger partial charge in [0.2, 0.25) is 0 Å². The first-order valence-electron chi connectivity index (χ1n) is 9.95. The van der Waals surface area contributed by atoms with Crippen LogP contribution in [0.5, 0.6) is 5.75 Å². The van der Waals surface area contributed by atoms with E-state index in [-0.39, 0.29) is 18.2 Å². The highest BCUT2D eigenvalue weighted by Gasteiger charge is 2.42. The van der Waals surface area contributed by atoms with Gasteiger partial charge in [-0.05, 0) is 30.7 Å². The van der Waals surface area contributed by atoms with Gasteiger partial charge in [0.05, 0.1) is 37.0 Å². The van der Waals surface area contributed by atoms with E-state index >= 15 is 0 Å². The SMILES string of the molecule is Cc1cc(-c2ccn3nc(N)cc3c2)c(O[C@H]2C[C@H]3COC[C@@H](C2)N3C(=O)O)cn1. The fraction of sp³-hybridized carbons (Fsp3) is 0.381. The Morgan fingerprint density at radius 1 is 1.27 bits per heavy atom. The van der Waals surface area contributed by atoms with Gasteiger partial charge in [-0.2, -0.15) is 5.10 Å². The number of anilines is 1. The highest BCUT2D eigenvalue weighted by molar-refractivity contribution is 5.74. The van der Waals surface area contributed by atoms with Crippen LogP contribution in [0.25, 0.3) is 16.6 Å². The van der Waals surface area contributed by atoms with Crippen LogP contribution >= 0.6 is 0 Å². The Balaban J connectivity index is 1.45. The lowest BCUT2D eigenvalue weighted by Gasteiger charge is -2.46. The van der Waals surface area contributed by atoms with Gasteiger partial charge < -0.3 is 20.3 Å². The van der Waals surface area contributed by atoms with Gasteiger partial charge in [-0.25, -0.2) is 9.31 Å². The fourth-order valence-corrected chi connectivity index (χ4v) is 4.50. The summed E-state index contributed by atoms with van der Waals surface area (Å²) in [5, 5.41) is 13.8. The maximum atomic E-state index is 11.6. The second kappa shape index (κ2) is 7.17. The van der Waals surface area contributed by atoms with Gasteiger partial charge in [0.1, 0.15) is 17.7 Å². The topological polar surface area (TPSA) is 115 Å². The molecule has 30 heavy (non-hydrogen) atoms. The molecule has 3 N–H and O–H groups in total. The van der Waals surface area contributed by atoms with Gasteiger partial charge in [0.25, 0.3) is 0 Å². The molecule has 2 bridgehead atoms. The number of rotatable bonds is 3. The fourth-order valence-electron chi connectivity index (χ4n) is 4.50. The number of nitrogen functional groups attached to an aromatic ring is 1. The number of nitrogens with two attached hydrogens (primary N) is 1. The molecule has 0 aliphatic carbocycles. The molecular formula is C21H23N5O4. The van der Waals surface area contributed by atoms with Crippen molar-refractivity contribution < 1.29 is 19.4 Å². The number of carboxylic acid groups (broad SMARTS) is 1. The standard InChI is InChI=1S/C21H23N5O4/c1-12-4-18(13-2-3-25-14(5-13)8-20(22)24-25)19(9-23-12)30-17-6-15-10-29-11-16(7-17)26(15)21(27)28/h2-5,8-9,15-17H,6-7,10-11H2,1H3,(H2,22,24)(H,27,28)/t15-,16+,17-. The van der Waals surface area contributed by atoms with Crippen molar-refractivity contribution in [3.63, 3.8) is 0 Å². The number of pyridine rings is 2. The summed E-state index contributed by atoms with van der Waals surface area (Å²) in [5.74, 6) is 1.15. The van der Waals surface area contributed by atoms with Gasteiger partial charge >= 0.3 is 6.09 Å². The molecule has 2 aliphatic heterocycles. The molecule has 156 valence electrons. The van der Waals surface area contributed by atoms with E-state index in [1.807, 2.05) is 37.4 Å². The highest BCUT2D eigenvalue weighted by atomic mass is 16.5. The smallest absolute Gasteiger partial charge is 0.407 e. The molecule has 5 heterocycles. The Bertz CT molecular complexity index is 1100. The molecule has 0 spiro atoms. The number of ether oxygens (including phenoxy) is 2. The van der Waals surface area contributed by atoms with Crippen LogP contribution in [0.3, 0.4) is 0 Å². The Hall–Kier alpha value is -3.33. The van der Waals surface area contributed by atoms with E-state index in [0.29, 0.717) is 37.6 Å². The first-order chi connectivity index (χ1) is 14.5. The number of amides is 1. The molecular weight excluding hydrogens is 386 g/mol. The van der Waals surface area contributed by atoms with Crippen LogP contribution in [0.1, 0.15) is 18.5 Å². The van der Waals surface area contributed by atoms with Gasteiger partial charge in [-0.15, -0.1) is 0 Å². The van der Waals surface area contributed by atoms with Gasteiger partial charge in [0, 0.05) is 36.4 Å². The normalized spacial score (nSPS) is 23.5. The Labute approximate surface area is 173 Å². The first-order valence-corrected chi connectivity index (χ1v) is 9.95. The molecule has 1 amide bonds. The maximum Gasteiger partial charge on any atom is 0.407 e. The number of carbonyl (C=O) groups is 1. The minimum absolute atomic E-state index is 0.0999. The van der Waals surface area contributed by atoms with Crippen LogP contribution in [-0.2, 0) is 4.74 Å². The van der Waals surface area contributed by atoms with E-state index in [2.05, 4.69) is 10.1 Å². The number of aromatic nitrogens is 3. The van der Waals surface area contributed by atoms with Gasteiger partial charge in [-0.3, -0.25) is 9.88 Å². The minimum Gasteiger partial charge on any atom is -0.488 e. The van der Waals surface area contributed by atoms with Crippen molar-refractivity contribution in [2.24, 2.45) is 0 Å². The maximum absolute atomic E-state index is 11.6. The third-order valence-corrected chi connectivity index (χ3v) is 5.79. The van der Waals surface area contributed by atoms with Crippen molar-refractivity contribution in [1.29, 1.82) is 0 Å². The number of piperidine rings is 1. The predicted molar refractivity (Wildman–Crippen MR) is 109 cm³/mol. The van der Waals surface area contributed by atoms with Crippen LogP contribution in [-0.4, -0.2) is 62.1 Å². The van der Waals surface area contributed by atoms with Crippen molar-refractivity contribution in [3.8, 4) is 16.9 Å². The number of nitrogens with zero attached hydrogens (tertiary/aromatic N) is 4. The molecule has 3 aromatic heterocycles. The van der Waals surface area contributed by atoms with Crippen molar-refractivity contribution in [3.05, 3.63) is 42.4 Å². The van der Waals surface area contributed by atoms with E-state index in [4.69, 9.17) is 15.2 Å².